The van der Waals surface area contributed by atoms with Gasteiger partial charge in [-0.15, -0.1) is 0 Å². The molecule has 1 aromatic carbocycles. The number of hydrogen-bond acceptors (Lipinski definition) is 3. The third-order valence-electron chi connectivity index (χ3n) is 2.82. The SMILES string of the molecule is CCc1cccc2c(C=O)cn(CC(=O)[O-])c12. The highest BCUT2D eigenvalue weighted by Gasteiger charge is 2.10. The number of para-hydroxylation sites is 1. The topological polar surface area (TPSA) is 62.1 Å². The molecule has 0 fully saturated rings. The summed E-state index contributed by atoms with van der Waals surface area (Å²) in [5.74, 6) is -1.16. The summed E-state index contributed by atoms with van der Waals surface area (Å²) in [6, 6.07) is 5.63. The molecule has 0 spiro atoms. The quantitative estimate of drug-likeness (QED) is 0.729. The van der Waals surface area contributed by atoms with E-state index in [1.165, 1.54) is 0 Å². The molecule has 88 valence electrons. The van der Waals surface area contributed by atoms with Crippen LogP contribution in [0.25, 0.3) is 10.9 Å². The molecule has 2 aromatic rings. The molecule has 2 rings (SSSR count). The van der Waals surface area contributed by atoms with Crippen molar-refractivity contribution in [1.82, 2.24) is 4.57 Å². The Kier molecular flexibility index (Phi) is 2.95. The molecule has 4 heteroatoms. The Labute approximate surface area is 98.5 Å². The van der Waals surface area contributed by atoms with Crippen LogP contribution in [0.2, 0.25) is 0 Å². The fraction of sp³-hybridized carbons (Fsp3) is 0.231. The summed E-state index contributed by atoms with van der Waals surface area (Å²) < 4.78 is 1.56. The van der Waals surface area contributed by atoms with Crippen LogP contribution in [0.4, 0.5) is 0 Å². The third kappa shape index (κ3) is 1.93. The highest BCUT2D eigenvalue weighted by atomic mass is 16.4. The maximum absolute atomic E-state index is 10.9. The summed E-state index contributed by atoms with van der Waals surface area (Å²) in [6.45, 7) is 1.76. The van der Waals surface area contributed by atoms with Crippen LogP contribution in [0, 0.1) is 0 Å². The van der Waals surface area contributed by atoms with Gasteiger partial charge in [0.1, 0.15) is 0 Å². The number of carboxylic acid groups (broad SMARTS) is 1. The van der Waals surface area contributed by atoms with Crippen molar-refractivity contribution in [2.24, 2.45) is 0 Å². The van der Waals surface area contributed by atoms with Crippen molar-refractivity contribution in [1.29, 1.82) is 0 Å². The lowest BCUT2D eigenvalue weighted by molar-refractivity contribution is -0.306. The fourth-order valence-electron chi connectivity index (χ4n) is 2.11. The Bertz CT molecular complexity index is 584. The van der Waals surface area contributed by atoms with E-state index >= 15 is 0 Å². The molecule has 0 radical (unpaired) electrons. The monoisotopic (exact) mass is 230 g/mol. The first-order chi connectivity index (χ1) is 8.17. The second-order valence-electron chi connectivity index (χ2n) is 3.87. The molecule has 1 heterocycles. The van der Waals surface area contributed by atoms with Gasteiger partial charge in [0, 0.05) is 17.1 Å². The molecule has 0 aliphatic carbocycles. The number of hydrogen-bond donors (Lipinski definition) is 0. The van der Waals surface area contributed by atoms with Gasteiger partial charge < -0.3 is 14.5 Å². The minimum Gasteiger partial charge on any atom is -0.548 e. The number of carbonyl (C=O) groups excluding carboxylic acids is 2. The minimum atomic E-state index is -1.16. The van der Waals surface area contributed by atoms with Crippen molar-refractivity contribution in [3.8, 4) is 0 Å². The Hall–Kier alpha value is -2.10. The maximum atomic E-state index is 10.9. The van der Waals surface area contributed by atoms with Gasteiger partial charge in [-0.1, -0.05) is 25.1 Å². The van der Waals surface area contributed by atoms with Gasteiger partial charge in [0.15, 0.2) is 6.29 Å². The number of aldehydes is 1. The van der Waals surface area contributed by atoms with E-state index in [2.05, 4.69) is 0 Å². The van der Waals surface area contributed by atoms with Crippen molar-refractivity contribution >= 4 is 23.2 Å². The van der Waals surface area contributed by atoms with Gasteiger partial charge in [-0.2, -0.15) is 0 Å². The first-order valence-electron chi connectivity index (χ1n) is 5.43. The number of carboxylic acids is 1. The van der Waals surface area contributed by atoms with Crippen LogP contribution in [-0.4, -0.2) is 16.8 Å². The third-order valence-corrected chi connectivity index (χ3v) is 2.82. The average molecular weight is 230 g/mol. The van der Waals surface area contributed by atoms with Gasteiger partial charge in [-0.3, -0.25) is 4.79 Å². The highest BCUT2D eigenvalue weighted by molar-refractivity contribution is 5.99. The molecule has 0 saturated heterocycles. The molecule has 0 aliphatic heterocycles. The number of benzene rings is 1. The Morgan fingerprint density at radius 2 is 2.24 bits per heavy atom. The van der Waals surface area contributed by atoms with Gasteiger partial charge in [-0.05, 0) is 12.0 Å². The number of carbonyl (C=O) groups is 2. The van der Waals surface area contributed by atoms with Crippen molar-refractivity contribution in [3.05, 3.63) is 35.5 Å². The van der Waals surface area contributed by atoms with Gasteiger partial charge in [-0.25, -0.2) is 0 Å². The molecular formula is C13H12NO3-. The van der Waals surface area contributed by atoms with Crippen LogP contribution in [0.5, 0.6) is 0 Å². The molecule has 0 saturated carbocycles. The van der Waals surface area contributed by atoms with Gasteiger partial charge in [0.2, 0.25) is 0 Å². The molecule has 0 amide bonds. The molecule has 0 N–H and O–H groups in total. The number of nitrogens with zero attached hydrogens (tertiary/aromatic N) is 1. The second-order valence-corrected chi connectivity index (χ2v) is 3.87. The predicted molar refractivity (Wildman–Crippen MR) is 61.7 cm³/mol. The summed E-state index contributed by atoms with van der Waals surface area (Å²) in [7, 11) is 0. The molecule has 0 unspecified atom stereocenters. The lowest BCUT2D eigenvalue weighted by Gasteiger charge is -2.08. The molecular weight excluding hydrogens is 218 g/mol. The number of aromatic nitrogens is 1. The molecule has 4 nitrogen and oxygen atoms in total. The lowest BCUT2D eigenvalue weighted by Crippen LogP contribution is -2.27. The average Bonchev–Trinajstić information content (AvgIpc) is 2.66. The summed E-state index contributed by atoms with van der Waals surface area (Å²) in [5.41, 5.74) is 2.34. The van der Waals surface area contributed by atoms with E-state index < -0.39 is 5.97 Å². The Balaban J connectivity index is 2.73. The zero-order valence-corrected chi connectivity index (χ0v) is 9.47. The van der Waals surface area contributed by atoms with E-state index in [9.17, 15) is 14.7 Å². The molecule has 0 atom stereocenters. The van der Waals surface area contributed by atoms with Gasteiger partial charge >= 0.3 is 0 Å². The van der Waals surface area contributed by atoms with Crippen LogP contribution in [0.3, 0.4) is 0 Å². The van der Waals surface area contributed by atoms with Crippen LogP contribution in [0.1, 0.15) is 22.8 Å². The van der Waals surface area contributed by atoms with Crippen LogP contribution < -0.4 is 5.11 Å². The number of rotatable bonds is 4. The largest absolute Gasteiger partial charge is 0.548 e. The van der Waals surface area contributed by atoms with Gasteiger partial charge in [0.05, 0.1) is 18.0 Å². The number of aliphatic carboxylic acids is 1. The van der Waals surface area contributed by atoms with E-state index in [4.69, 9.17) is 0 Å². The Morgan fingerprint density at radius 1 is 1.47 bits per heavy atom. The van der Waals surface area contributed by atoms with Crippen molar-refractivity contribution in [3.63, 3.8) is 0 Å². The lowest BCUT2D eigenvalue weighted by atomic mass is 10.1. The van der Waals surface area contributed by atoms with E-state index in [0.717, 1.165) is 29.2 Å². The first-order valence-corrected chi connectivity index (χ1v) is 5.43. The summed E-state index contributed by atoms with van der Waals surface area (Å²) in [6.07, 6.45) is 3.09. The van der Waals surface area contributed by atoms with E-state index in [1.54, 1.807) is 10.8 Å². The highest BCUT2D eigenvalue weighted by Crippen LogP contribution is 2.24. The standard InChI is InChI=1S/C13H13NO3/c1-2-9-4-3-5-11-10(8-15)6-14(13(9)11)7-12(16)17/h3-6,8H,2,7H2,1H3,(H,16,17)/p-1. The smallest absolute Gasteiger partial charge is 0.152 e. The van der Waals surface area contributed by atoms with Crippen LogP contribution in [0.15, 0.2) is 24.4 Å². The fourth-order valence-corrected chi connectivity index (χ4v) is 2.11. The Morgan fingerprint density at radius 3 is 2.82 bits per heavy atom. The minimum absolute atomic E-state index is 0.235. The number of fused-ring (bicyclic) bond motifs is 1. The zero-order chi connectivity index (χ0) is 12.4. The molecule has 17 heavy (non-hydrogen) atoms. The number of aryl methyl sites for hydroxylation is 1. The van der Waals surface area contributed by atoms with E-state index in [1.807, 2.05) is 25.1 Å². The molecule has 0 aliphatic rings. The molecule has 1 aromatic heterocycles. The summed E-state index contributed by atoms with van der Waals surface area (Å²) in [4.78, 5) is 21.6. The van der Waals surface area contributed by atoms with E-state index in [0.29, 0.717) is 5.56 Å². The maximum Gasteiger partial charge on any atom is 0.152 e. The van der Waals surface area contributed by atoms with Crippen molar-refractivity contribution in [2.45, 2.75) is 19.9 Å². The first kappa shape index (κ1) is 11.4. The summed E-state index contributed by atoms with van der Waals surface area (Å²) in [5, 5.41) is 11.5. The molecule has 0 bridgehead atoms. The van der Waals surface area contributed by atoms with Crippen LogP contribution >= 0.6 is 0 Å². The zero-order valence-electron chi connectivity index (χ0n) is 9.47. The van der Waals surface area contributed by atoms with E-state index in [-0.39, 0.29) is 6.54 Å². The summed E-state index contributed by atoms with van der Waals surface area (Å²) >= 11 is 0. The normalized spacial score (nSPS) is 10.6. The van der Waals surface area contributed by atoms with Gasteiger partial charge in [0.25, 0.3) is 0 Å². The predicted octanol–water partition coefficient (Wildman–Crippen LogP) is 0.766. The van der Waals surface area contributed by atoms with Crippen molar-refractivity contribution in [2.75, 3.05) is 0 Å². The van der Waals surface area contributed by atoms with Crippen LogP contribution in [-0.2, 0) is 17.8 Å². The van der Waals surface area contributed by atoms with Crippen molar-refractivity contribution < 1.29 is 14.7 Å². The second kappa shape index (κ2) is 4.41.